The average Bonchev–Trinajstić information content (AvgIpc) is 3.28. The number of hydrogen-bond acceptors (Lipinski definition) is 5. The van der Waals surface area contributed by atoms with E-state index in [1.165, 1.54) is 6.92 Å². The topological polar surface area (TPSA) is 86.2 Å². The quantitative estimate of drug-likeness (QED) is 0.255. The van der Waals surface area contributed by atoms with Gasteiger partial charge in [0.05, 0.1) is 24.0 Å². The number of pyridine rings is 1. The molecule has 0 atom stereocenters. The number of benzene rings is 2. The fraction of sp³-hybridized carbons (Fsp3) is 0.174. The van der Waals surface area contributed by atoms with Crippen LogP contribution < -0.4 is 15.0 Å². The van der Waals surface area contributed by atoms with Crippen molar-refractivity contribution in [3.05, 3.63) is 85.9 Å². The van der Waals surface area contributed by atoms with Gasteiger partial charge in [-0.25, -0.2) is 13.6 Å². The van der Waals surface area contributed by atoms with Gasteiger partial charge in [-0.15, -0.1) is 0 Å². The second-order valence-electron chi connectivity index (χ2n) is 7.65. The van der Waals surface area contributed by atoms with Gasteiger partial charge in [-0.1, -0.05) is 6.07 Å². The number of aromatic amines is 1. The lowest BCUT2D eigenvalue weighted by Crippen LogP contribution is -2.31. The first-order valence-corrected chi connectivity index (χ1v) is 11.0. The number of ether oxygens (including phenoxy) is 2. The van der Waals surface area contributed by atoms with Crippen LogP contribution in [-0.2, 0) is 17.9 Å². The van der Waals surface area contributed by atoms with Gasteiger partial charge in [0.15, 0.2) is 11.5 Å². The number of carbonyl (C=O) groups excluding carboxylic acids is 1. The number of fused-ring (bicyclic) bond motifs is 1. The van der Waals surface area contributed by atoms with Crippen LogP contribution in [-0.4, -0.2) is 26.9 Å². The van der Waals surface area contributed by atoms with Gasteiger partial charge >= 0.3 is 12.1 Å². The van der Waals surface area contributed by atoms with E-state index in [-0.39, 0.29) is 22.3 Å². The highest BCUT2D eigenvalue weighted by atomic mass is 79.9. The Hall–Kier alpha value is -3.74. The molecular weight excluding hydrogens is 557 g/mol. The maximum absolute atomic E-state index is 14.0. The first-order chi connectivity index (χ1) is 17.0. The van der Waals surface area contributed by atoms with Gasteiger partial charge in [0, 0.05) is 17.0 Å². The number of hydrogen-bond donors (Lipinski definition) is 1. The molecule has 7 nitrogen and oxygen atoms in total. The SMILES string of the molecule is Cc1c(OC(=O)C(F)(F)F)c(OCc2ccc(F)cc2F)c(Br)c(=O)n1Cc1ccc2[nH]ncc2c1. The highest BCUT2D eigenvalue weighted by molar-refractivity contribution is 9.10. The molecule has 13 heteroatoms. The highest BCUT2D eigenvalue weighted by Gasteiger charge is 2.42. The lowest BCUT2D eigenvalue weighted by atomic mass is 10.1. The van der Waals surface area contributed by atoms with Crippen LogP contribution in [0.2, 0.25) is 0 Å². The van der Waals surface area contributed by atoms with Gasteiger partial charge in [-0.2, -0.15) is 18.3 Å². The van der Waals surface area contributed by atoms with Crippen LogP contribution in [0, 0.1) is 18.6 Å². The highest BCUT2D eigenvalue weighted by Crippen LogP contribution is 2.38. The van der Waals surface area contributed by atoms with Crippen LogP contribution in [0.1, 0.15) is 16.8 Å². The molecule has 2 heterocycles. The number of rotatable bonds is 6. The van der Waals surface area contributed by atoms with Crippen molar-refractivity contribution in [2.75, 3.05) is 0 Å². The van der Waals surface area contributed by atoms with E-state index >= 15 is 0 Å². The Bertz CT molecular complexity index is 1530. The summed E-state index contributed by atoms with van der Waals surface area (Å²) in [6.45, 7) is 0.587. The van der Waals surface area contributed by atoms with E-state index in [1.807, 2.05) is 0 Å². The maximum atomic E-state index is 14.0. The number of nitrogens with one attached hydrogen (secondary N) is 1. The number of nitrogens with zero attached hydrogens (tertiary/aromatic N) is 2. The molecule has 0 radical (unpaired) electrons. The Morgan fingerprint density at radius 3 is 2.58 bits per heavy atom. The molecule has 0 saturated carbocycles. The minimum Gasteiger partial charge on any atom is -0.483 e. The second kappa shape index (κ2) is 9.72. The molecule has 0 fully saturated rings. The smallest absolute Gasteiger partial charge is 0.483 e. The molecule has 0 saturated heterocycles. The van der Waals surface area contributed by atoms with Crippen LogP contribution in [0.3, 0.4) is 0 Å². The van der Waals surface area contributed by atoms with Gasteiger partial charge < -0.3 is 14.0 Å². The largest absolute Gasteiger partial charge is 0.491 e. The van der Waals surface area contributed by atoms with E-state index in [2.05, 4.69) is 30.9 Å². The number of aromatic nitrogens is 3. The third kappa shape index (κ3) is 5.10. The summed E-state index contributed by atoms with van der Waals surface area (Å²) in [6.07, 6.45) is -3.78. The van der Waals surface area contributed by atoms with E-state index in [0.717, 1.165) is 27.6 Å². The van der Waals surface area contributed by atoms with Gasteiger partial charge in [-0.3, -0.25) is 9.89 Å². The van der Waals surface area contributed by atoms with E-state index in [1.54, 1.807) is 24.4 Å². The van der Waals surface area contributed by atoms with Crippen molar-refractivity contribution in [1.82, 2.24) is 14.8 Å². The first-order valence-electron chi connectivity index (χ1n) is 10.2. The van der Waals surface area contributed by atoms with E-state index in [0.29, 0.717) is 11.6 Å². The molecule has 0 amide bonds. The molecule has 4 rings (SSSR count). The molecule has 2 aromatic carbocycles. The number of esters is 1. The Balaban J connectivity index is 1.77. The van der Waals surface area contributed by atoms with Crippen molar-refractivity contribution in [2.24, 2.45) is 0 Å². The molecule has 0 aliphatic heterocycles. The fourth-order valence-corrected chi connectivity index (χ4v) is 3.91. The maximum Gasteiger partial charge on any atom is 0.491 e. The van der Waals surface area contributed by atoms with Crippen LogP contribution in [0.4, 0.5) is 22.0 Å². The van der Waals surface area contributed by atoms with Crippen molar-refractivity contribution >= 4 is 32.8 Å². The monoisotopic (exact) mass is 571 g/mol. The fourth-order valence-electron chi connectivity index (χ4n) is 3.41. The van der Waals surface area contributed by atoms with Gasteiger partial charge in [0.1, 0.15) is 22.7 Å². The predicted molar refractivity (Wildman–Crippen MR) is 121 cm³/mol. The Morgan fingerprint density at radius 1 is 1.14 bits per heavy atom. The Kier molecular flexibility index (Phi) is 6.85. The van der Waals surface area contributed by atoms with Crippen molar-refractivity contribution < 1.29 is 36.2 Å². The zero-order valence-corrected chi connectivity index (χ0v) is 19.8. The Labute approximate surface area is 207 Å². The van der Waals surface area contributed by atoms with E-state index < -0.39 is 47.4 Å². The lowest BCUT2D eigenvalue weighted by molar-refractivity contribution is -0.189. The summed E-state index contributed by atoms with van der Waals surface area (Å²) in [5.74, 6) is -5.58. The van der Waals surface area contributed by atoms with Crippen LogP contribution in [0.15, 0.2) is 51.9 Å². The van der Waals surface area contributed by atoms with Crippen molar-refractivity contribution in [1.29, 1.82) is 0 Å². The molecule has 1 N–H and O–H groups in total. The average molecular weight is 572 g/mol. The minimum absolute atomic E-state index is 0.0895. The molecule has 0 spiro atoms. The molecule has 2 aromatic heterocycles. The minimum atomic E-state index is -5.34. The van der Waals surface area contributed by atoms with E-state index in [4.69, 9.17) is 4.74 Å². The zero-order valence-electron chi connectivity index (χ0n) is 18.3. The van der Waals surface area contributed by atoms with Crippen LogP contribution in [0.25, 0.3) is 10.9 Å². The summed E-state index contributed by atoms with van der Waals surface area (Å²) >= 11 is 3.01. The molecule has 0 aliphatic rings. The number of H-pyrrole nitrogens is 1. The molecule has 0 bridgehead atoms. The molecule has 0 unspecified atom stereocenters. The summed E-state index contributed by atoms with van der Waals surface area (Å²) < 4.78 is 77.0. The van der Waals surface area contributed by atoms with Crippen molar-refractivity contribution in [3.8, 4) is 11.5 Å². The van der Waals surface area contributed by atoms with Crippen LogP contribution >= 0.6 is 15.9 Å². The predicted octanol–water partition coefficient (Wildman–Crippen LogP) is 5.17. The molecule has 4 aromatic rings. The standard InChI is InChI=1S/C23H15BrF5N3O4/c1-11-19(36-22(34)23(27,28)29)20(35-10-13-3-4-15(25)7-16(13)26)18(24)21(33)32(11)9-12-2-5-17-14(6-12)8-30-31-17/h2-8H,9-10H2,1H3,(H,30,31). The Morgan fingerprint density at radius 2 is 1.89 bits per heavy atom. The van der Waals surface area contributed by atoms with Gasteiger partial charge in [0.2, 0.25) is 0 Å². The van der Waals surface area contributed by atoms with Gasteiger partial charge in [-0.05, 0) is 52.7 Å². The number of halogens is 6. The summed E-state index contributed by atoms with van der Waals surface area (Å²) in [5, 5.41) is 7.42. The number of alkyl halides is 3. The third-order valence-electron chi connectivity index (χ3n) is 5.23. The summed E-state index contributed by atoms with van der Waals surface area (Å²) in [7, 11) is 0. The van der Waals surface area contributed by atoms with Crippen molar-refractivity contribution in [3.63, 3.8) is 0 Å². The van der Waals surface area contributed by atoms with Crippen LogP contribution in [0.5, 0.6) is 11.5 Å². The zero-order chi connectivity index (χ0) is 26.2. The summed E-state index contributed by atoms with van der Waals surface area (Å²) in [5.41, 5.74) is 0.340. The first kappa shape index (κ1) is 25.4. The molecule has 36 heavy (non-hydrogen) atoms. The molecule has 0 aliphatic carbocycles. The number of carbonyl (C=O) groups is 1. The normalized spacial score (nSPS) is 11.6. The van der Waals surface area contributed by atoms with Crippen molar-refractivity contribution in [2.45, 2.75) is 26.3 Å². The summed E-state index contributed by atoms with van der Waals surface area (Å²) in [6, 6.07) is 7.75. The lowest BCUT2D eigenvalue weighted by Gasteiger charge is -2.20. The summed E-state index contributed by atoms with van der Waals surface area (Å²) in [4.78, 5) is 24.8. The molecular formula is C23H15BrF5N3O4. The van der Waals surface area contributed by atoms with Gasteiger partial charge in [0.25, 0.3) is 5.56 Å². The molecule has 188 valence electrons. The second-order valence-corrected chi connectivity index (χ2v) is 8.45. The van der Waals surface area contributed by atoms with E-state index in [9.17, 15) is 31.5 Å². The third-order valence-corrected chi connectivity index (χ3v) is 5.93.